The summed E-state index contributed by atoms with van der Waals surface area (Å²) >= 11 is 0. The van der Waals surface area contributed by atoms with Gasteiger partial charge in [-0.15, -0.1) is 0 Å². The van der Waals surface area contributed by atoms with Gasteiger partial charge in [-0.05, 0) is 43.2 Å². The molecule has 0 bridgehead atoms. The molecule has 2 aliphatic rings. The van der Waals surface area contributed by atoms with Gasteiger partial charge in [-0.1, -0.05) is 35.5 Å². The van der Waals surface area contributed by atoms with Crippen LogP contribution in [0.3, 0.4) is 0 Å². The Morgan fingerprint density at radius 3 is 2.48 bits per heavy atom. The Kier molecular flexibility index (Phi) is 2.83. The lowest BCUT2D eigenvalue weighted by molar-refractivity contribution is -0.0591. The van der Waals surface area contributed by atoms with Crippen molar-refractivity contribution in [2.45, 2.75) is 31.4 Å². The molecular weight excluding hydrogens is 291 g/mol. The molecule has 2 heterocycles. The first-order valence-electron chi connectivity index (χ1n) is 7.80. The number of halogens is 1. The number of oxime groups is 1. The van der Waals surface area contributed by atoms with Crippen LogP contribution in [0.25, 0.3) is 0 Å². The van der Waals surface area contributed by atoms with Crippen molar-refractivity contribution in [2.75, 3.05) is 11.9 Å². The Morgan fingerprint density at radius 2 is 1.78 bits per heavy atom. The third-order valence-electron chi connectivity index (χ3n) is 5.35. The molecule has 2 aromatic carbocycles. The number of nitrogens with zero attached hydrogens (tertiary/aromatic N) is 2. The lowest BCUT2D eigenvalue weighted by Crippen LogP contribution is -2.54. The molecule has 1 unspecified atom stereocenters. The Morgan fingerprint density at radius 1 is 1.09 bits per heavy atom. The number of anilines is 1. The van der Waals surface area contributed by atoms with Crippen molar-refractivity contribution < 1.29 is 9.23 Å². The first-order chi connectivity index (χ1) is 11.0. The molecule has 0 N–H and O–H groups in total. The normalized spacial score (nSPS) is 24.5. The summed E-state index contributed by atoms with van der Waals surface area (Å²) in [5.41, 5.74) is 3.46. The maximum atomic E-state index is 13.2. The smallest absolute Gasteiger partial charge is 0.224 e. The van der Waals surface area contributed by atoms with Crippen molar-refractivity contribution in [1.82, 2.24) is 0 Å². The number of likely N-dealkylation sites (N-methyl/N-ethyl adjacent to an activating group) is 1. The summed E-state index contributed by atoms with van der Waals surface area (Å²) in [6.45, 7) is 4.39. The van der Waals surface area contributed by atoms with E-state index in [0.29, 0.717) is 6.42 Å². The molecule has 1 atom stereocenters. The molecule has 4 heteroatoms. The largest absolute Gasteiger partial charge is 0.366 e. The Bertz CT molecular complexity index is 797. The number of rotatable bonds is 1. The van der Waals surface area contributed by atoms with Gasteiger partial charge < -0.3 is 9.74 Å². The monoisotopic (exact) mass is 310 g/mol. The third kappa shape index (κ3) is 1.78. The summed E-state index contributed by atoms with van der Waals surface area (Å²) < 4.78 is 13.2. The first kappa shape index (κ1) is 14.2. The lowest BCUT2D eigenvalue weighted by atomic mass is 9.75. The summed E-state index contributed by atoms with van der Waals surface area (Å²) in [6, 6.07) is 14.8. The van der Waals surface area contributed by atoms with Crippen LogP contribution in [0.4, 0.5) is 10.1 Å². The highest BCUT2D eigenvalue weighted by Gasteiger charge is 2.61. The highest BCUT2D eigenvalue weighted by molar-refractivity contribution is 6.02. The van der Waals surface area contributed by atoms with E-state index in [-0.39, 0.29) is 11.2 Å². The molecule has 2 aliphatic heterocycles. The molecule has 23 heavy (non-hydrogen) atoms. The van der Waals surface area contributed by atoms with E-state index in [1.165, 1.54) is 23.4 Å². The van der Waals surface area contributed by atoms with Crippen molar-refractivity contribution in [3.05, 3.63) is 65.5 Å². The third-order valence-corrected chi connectivity index (χ3v) is 5.35. The van der Waals surface area contributed by atoms with E-state index in [9.17, 15) is 4.39 Å². The fourth-order valence-electron chi connectivity index (χ4n) is 3.85. The van der Waals surface area contributed by atoms with E-state index in [4.69, 9.17) is 4.84 Å². The summed E-state index contributed by atoms with van der Waals surface area (Å²) in [5, 5.41) is 4.35. The lowest BCUT2D eigenvalue weighted by Gasteiger charge is -2.40. The predicted molar refractivity (Wildman–Crippen MR) is 89.2 cm³/mol. The number of hydrogen-bond acceptors (Lipinski definition) is 3. The zero-order valence-corrected chi connectivity index (χ0v) is 13.5. The maximum absolute atomic E-state index is 13.2. The van der Waals surface area contributed by atoms with E-state index in [2.05, 4.69) is 49.1 Å². The number of benzene rings is 2. The molecule has 0 amide bonds. The van der Waals surface area contributed by atoms with Gasteiger partial charge in [0.25, 0.3) is 0 Å². The van der Waals surface area contributed by atoms with Crippen LogP contribution in [-0.4, -0.2) is 18.5 Å². The van der Waals surface area contributed by atoms with Crippen molar-refractivity contribution in [1.29, 1.82) is 0 Å². The fourth-order valence-corrected chi connectivity index (χ4v) is 3.85. The van der Waals surface area contributed by atoms with Gasteiger partial charge in [0.15, 0.2) is 0 Å². The van der Waals surface area contributed by atoms with Crippen molar-refractivity contribution >= 4 is 11.4 Å². The number of para-hydroxylation sites is 1. The van der Waals surface area contributed by atoms with Crippen LogP contribution in [0.1, 0.15) is 31.4 Å². The summed E-state index contributed by atoms with van der Waals surface area (Å²) in [4.78, 5) is 8.21. The fraction of sp³-hybridized carbons (Fsp3) is 0.316. The molecule has 3 nitrogen and oxygen atoms in total. The molecule has 0 radical (unpaired) electrons. The minimum Gasteiger partial charge on any atom is -0.366 e. The minimum atomic E-state index is -0.541. The standard InChI is InChI=1S/C19H19FN2O/c1-18(2)15-6-4-5-7-17(15)22(3)19(18)12-16(21-23-19)13-8-10-14(20)11-9-13/h4-11H,12H2,1-3H3. The summed E-state index contributed by atoms with van der Waals surface area (Å²) in [7, 11) is 2.05. The quantitative estimate of drug-likeness (QED) is 0.793. The van der Waals surface area contributed by atoms with Crippen molar-refractivity contribution in [3.63, 3.8) is 0 Å². The second-order valence-electron chi connectivity index (χ2n) is 6.80. The average Bonchev–Trinajstić information content (AvgIpc) is 3.07. The second kappa shape index (κ2) is 4.57. The molecular formula is C19H19FN2O. The number of fused-ring (bicyclic) bond motifs is 1. The predicted octanol–water partition coefficient (Wildman–Crippen LogP) is 4.07. The second-order valence-corrected chi connectivity index (χ2v) is 6.80. The van der Waals surface area contributed by atoms with Gasteiger partial charge >= 0.3 is 0 Å². The van der Waals surface area contributed by atoms with Gasteiger partial charge in [0.05, 0.1) is 17.5 Å². The highest BCUT2D eigenvalue weighted by atomic mass is 19.1. The molecule has 118 valence electrons. The van der Waals surface area contributed by atoms with E-state index in [1.54, 1.807) is 12.1 Å². The zero-order chi connectivity index (χ0) is 16.2. The van der Waals surface area contributed by atoms with E-state index < -0.39 is 5.72 Å². The molecule has 0 aromatic heterocycles. The number of hydrogen-bond donors (Lipinski definition) is 0. The van der Waals surface area contributed by atoms with Gasteiger partial charge in [-0.25, -0.2) is 4.39 Å². The van der Waals surface area contributed by atoms with Crippen LogP contribution in [0.2, 0.25) is 0 Å². The van der Waals surface area contributed by atoms with Crippen LogP contribution in [0.15, 0.2) is 53.7 Å². The zero-order valence-electron chi connectivity index (χ0n) is 13.5. The Labute approximate surface area is 135 Å². The molecule has 0 aliphatic carbocycles. The molecule has 0 fully saturated rings. The van der Waals surface area contributed by atoms with Crippen LogP contribution in [0.5, 0.6) is 0 Å². The summed E-state index contributed by atoms with van der Waals surface area (Å²) in [5.74, 6) is -0.242. The van der Waals surface area contributed by atoms with E-state index in [0.717, 1.165) is 11.3 Å². The van der Waals surface area contributed by atoms with Crippen LogP contribution in [-0.2, 0) is 10.3 Å². The van der Waals surface area contributed by atoms with Crippen LogP contribution in [0, 0.1) is 5.82 Å². The Balaban J connectivity index is 1.73. The molecule has 0 saturated carbocycles. The van der Waals surface area contributed by atoms with Gasteiger partial charge in [-0.2, -0.15) is 0 Å². The molecule has 1 spiro atoms. The highest BCUT2D eigenvalue weighted by Crippen LogP contribution is 2.55. The minimum absolute atomic E-state index is 0.205. The van der Waals surface area contributed by atoms with E-state index >= 15 is 0 Å². The average molecular weight is 310 g/mol. The SMILES string of the molecule is CN1c2ccccc2C(C)(C)C12CC(c1ccc(F)cc1)=NO2. The summed E-state index contributed by atoms with van der Waals surface area (Å²) in [6.07, 6.45) is 0.664. The molecule has 2 aromatic rings. The first-order valence-corrected chi connectivity index (χ1v) is 7.80. The molecule has 4 rings (SSSR count). The molecule has 0 saturated heterocycles. The maximum Gasteiger partial charge on any atom is 0.224 e. The topological polar surface area (TPSA) is 24.8 Å². The van der Waals surface area contributed by atoms with Gasteiger partial charge in [-0.3, -0.25) is 0 Å². The van der Waals surface area contributed by atoms with Crippen molar-refractivity contribution in [3.8, 4) is 0 Å². The van der Waals surface area contributed by atoms with Gasteiger partial charge in [0.1, 0.15) is 5.82 Å². The van der Waals surface area contributed by atoms with Gasteiger partial charge in [0, 0.05) is 12.7 Å². The van der Waals surface area contributed by atoms with Crippen LogP contribution < -0.4 is 4.90 Å². The Hall–Kier alpha value is -2.36. The van der Waals surface area contributed by atoms with Crippen LogP contribution >= 0.6 is 0 Å². The van der Waals surface area contributed by atoms with Crippen molar-refractivity contribution in [2.24, 2.45) is 5.16 Å². The van der Waals surface area contributed by atoms with Gasteiger partial charge in [0.2, 0.25) is 5.72 Å². The van der Waals surface area contributed by atoms with E-state index in [1.807, 2.05) is 6.07 Å².